The third-order valence-corrected chi connectivity index (χ3v) is 8.27. The molecule has 2 aromatic carbocycles. The highest BCUT2D eigenvalue weighted by Gasteiger charge is 2.28. The molecule has 0 radical (unpaired) electrons. The summed E-state index contributed by atoms with van der Waals surface area (Å²) in [7, 11) is 3.30. The first kappa shape index (κ1) is 25.6. The van der Waals surface area contributed by atoms with Crippen LogP contribution in [0.25, 0.3) is 10.1 Å². The molecule has 0 bridgehead atoms. The topological polar surface area (TPSA) is 75.7 Å². The molecular weight excluding hydrogens is 492 g/mol. The number of amides is 2. The van der Waals surface area contributed by atoms with Gasteiger partial charge in [0.05, 0.1) is 21.9 Å². The van der Waals surface area contributed by atoms with E-state index in [1.54, 1.807) is 27.9 Å². The van der Waals surface area contributed by atoms with Crippen molar-refractivity contribution in [3.05, 3.63) is 86.1 Å². The van der Waals surface area contributed by atoms with Gasteiger partial charge < -0.3 is 15.0 Å². The number of nitrogens with zero attached hydrogens (tertiary/aromatic N) is 1. The number of anilines is 1. The molecular formula is C28H28N2O4S2. The molecule has 0 saturated heterocycles. The number of thiophene rings is 2. The molecule has 0 aliphatic carbocycles. The maximum atomic E-state index is 13.7. The van der Waals surface area contributed by atoms with Crippen LogP contribution in [-0.4, -0.2) is 43.4 Å². The van der Waals surface area contributed by atoms with Crippen molar-refractivity contribution >= 4 is 55.5 Å². The third kappa shape index (κ3) is 5.05. The van der Waals surface area contributed by atoms with Crippen LogP contribution in [0.4, 0.5) is 5.00 Å². The van der Waals surface area contributed by atoms with Crippen molar-refractivity contribution < 1.29 is 19.1 Å². The number of esters is 1. The van der Waals surface area contributed by atoms with Crippen LogP contribution in [0.3, 0.4) is 0 Å². The maximum Gasteiger partial charge on any atom is 0.341 e. The number of carbonyl (C=O) groups excluding carboxylic acids is 3. The van der Waals surface area contributed by atoms with Gasteiger partial charge in [-0.05, 0) is 55.3 Å². The number of ether oxygens (including phenoxy) is 1. The SMILES string of the molecule is CCOC(=O)c1c(NC(=O)c2sc3ccccc3c2Cc2ccc(C)cc2)sc(C(=O)N(C)C)c1C. The van der Waals surface area contributed by atoms with Gasteiger partial charge in [-0.2, -0.15) is 0 Å². The lowest BCUT2D eigenvalue weighted by Gasteiger charge is -2.09. The van der Waals surface area contributed by atoms with E-state index in [2.05, 4.69) is 29.6 Å². The van der Waals surface area contributed by atoms with E-state index in [0.717, 1.165) is 32.5 Å². The Kier molecular flexibility index (Phi) is 7.56. The second-order valence-electron chi connectivity index (χ2n) is 8.70. The average Bonchev–Trinajstić information content (AvgIpc) is 3.37. The van der Waals surface area contributed by atoms with Crippen LogP contribution < -0.4 is 5.32 Å². The summed E-state index contributed by atoms with van der Waals surface area (Å²) in [5, 5.41) is 4.29. The zero-order chi connectivity index (χ0) is 26.0. The summed E-state index contributed by atoms with van der Waals surface area (Å²) in [5.74, 6) is -1.10. The van der Waals surface area contributed by atoms with Crippen LogP contribution >= 0.6 is 22.7 Å². The van der Waals surface area contributed by atoms with E-state index in [4.69, 9.17) is 4.74 Å². The molecule has 0 atom stereocenters. The van der Waals surface area contributed by atoms with Crippen molar-refractivity contribution in [3.63, 3.8) is 0 Å². The number of carbonyl (C=O) groups is 3. The molecule has 0 fully saturated rings. The zero-order valence-corrected chi connectivity index (χ0v) is 22.6. The molecule has 36 heavy (non-hydrogen) atoms. The lowest BCUT2D eigenvalue weighted by atomic mass is 10.0. The lowest BCUT2D eigenvalue weighted by molar-refractivity contribution is 0.0527. The number of hydrogen-bond donors (Lipinski definition) is 1. The molecule has 0 aliphatic heterocycles. The summed E-state index contributed by atoms with van der Waals surface area (Å²) in [6.07, 6.45) is 0.603. The van der Waals surface area contributed by atoms with Crippen molar-refractivity contribution in [2.45, 2.75) is 27.2 Å². The van der Waals surface area contributed by atoms with E-state index < -0.39 is 5.97 Å². The van der Waals surface area contributed by atoms with Gasteiger partial charge in [-0.15, -0.1) is 22.7 Å². The Bertz CT molecular complexity index is 1450. The fourth-order valence-electron chi connectivity index (χ4n) is 3.99. The van der Waals surface area contributed by atoms with E-state index in [-0.39, 0.29) is 24.0 Å². The Morgan fingerprint density at radius 2 is 1.64 bits per heavy atom. The van der Waals surface area contributed by atoms with E-state index in [1.165, 1.54) is 21.8 Å². The van der Waals surface area contributed by atoms with Gasteiger partial charge in [-0.1, -0.05) is 48.0 Å². The predicted molar refractivity (Wildman–Crippen MR) is 147 cm³/mol. The molecule has 186 valence electrons. The van der Waals surface area contributed by atoms with Gasteiger partial charge in [0.1, 0.15) is 5.00 Å². The smallest absolute Gasteiger partial charge is 0.341 e. The van der Waals surface area contributed by atoms with E-state index in [0.29, 0.717) is 26.7 Å². The summed E-state index contributed by atoms with van der Waals surface area (Å²) in [4.78, 5) is 41.6. The highest BCUT2D eigenvalue weighted by atomic mass is 32.1. The molecule has 4 rings (SSSR count). The first-order chi connectivity index (χ1) is 17.2. The zero-order valence-electron chi connectivity index (χ0n) is 20.9. The summed E-state index contributed by atoms with van der Waals surface area (Å²) in [6.45, 7) is 5.66. The molecule has 8 heteroatoms. The molecule has 6 nitrogen and oxygen atoms in total. The molecule has 4 aromatic rings. The maximum absolute atomic E-state index is 13.7. The van der Waals surface area contributed by atoms with Crippen molar-refractivity contribution in [1.29, 1.82) is 0 Å². The average molecular weight is 521 g/mol. The summed E-state index contributed by atoms with van der Waals surface area (Å²) in [5.41, 5.74) is 3.95. The van der Waals surface area contributed by atoms with Crippen LogP contribution in [0.15, 0.2) is 48.5 Å². The molecule has 1 N–H and O–H groups in total. The number of rotatable bonds is 7. The summed E-state index contributed by atoms with van der Waals surface area (Å²) >= 11 is 2.52. The second-order valence-corrected chi connectivity index (χ2v) is 10.8. The van der Waals surface area contributed by atoms with Gasteiger partial charge in [0.15, 0.2) is 0 Å². The van der Waals surface area contributed by atoms with Crippen molar-refractivity contribution in [2.75, 3.05) is 26.0 Å². The standard InChI is InChI=1S/C28H28N2O4S2/c1-6-34-28(33)22-17(3)23(27(32)30(4)5)36-26(22)29-25(31)24-20(15-18-13-11-16(2)12-14-18)19-9-7-8-10-21(19)35-24/h7-14H,6,15H2,1-5H3,(H,29,31). The molecule has 2 amide bonds. The van der Waals surface area contributed by atoms with Gasteiger partial charge in [-0.25, -0.2) is 4.79 Å². The van der Waals surface area contributed by atoms with Gasteiger partial charge in [0.25, 0.3) is 11.8 Å². The van der Waals surface area contributed by atoms with Gasteiger partial charge in [0, 0.05) is 18.8 Å². The van der Waals surface area contributed by atoms with Crippen molar-refractivity contribution in [2.24, 2.45) is 0 Å². The Labute approximate surface area is 218 Å². The number of benzene rings is 2. The second kappa shape index (κ2) is 10.6. The Morgan fingerprint density at radius 1 is 0.944 bits per heavy atom. The van der Waals surface area contributed by atoms with Crippen LogP contribution in [0, 0.1) is 13.8 Å². The molecule has 2 heterocycles. The van der Waals surface area contributed by atoms with Crippen LogP contribution in [-0.2, 0) is 11.2 Å². The van der Waals surface area contributed by atoms with Gasteiger partial charge >= 0.3 is 5.97 Å². The highest BCUT2D eigenvalue weighted by molar-refractivity contribution is 7.21. The van der Waals surface area contributed by atoms with E-state index in [1.807, 2.05) is 31.2 Å². The van der Waals surface area contributed by atoms with Gasteiger partial charge in [0.2, 0.25) is 0 Å². The van der Waals surface area contributed by atoms with Gasteiger partial charge in [-0.3, -0.25) is 9.59 Å². The largest absolute Gasteiger partial charge is 0.462 e. The predicted octanol–water partition coefficient (Wildman–Crippen LogP) is 6.30. The van der Waals surface area contributed by atoms with Crippen LogP contribution in [0.5, 0.6) is 0 Å². The summed E-state index contributed by atoms with van der Waals surface area (Å²) < 4.78 is 6.26. The van der Waals surface area contributed by atoms with Crippen LogP contribution in [0.1, 0.15) is 58.9 Å². The quantitative estimate of drug-likeness (QED) is 0.290. The normalized spacial score (nSPS) is 10.9. The van der Waals surface area contributed by atoms with E-state index in [9.17, 15) is 14.4 Å². The Morgan fingerprint density at radius 3 is 2.31 bits per heavy atom. The number of fused-ring (bicyclic) bond motifs is 1. The van der Waals surface area contributed by atoms with Crippen LogP contribution in [0.2, 0.25) is 0 Å². The Balaban J connectivity index is 1.76. The Hall–Kier alpha value is -3.49. The van der Waals surface area contributed by atoms with Crippen molar-refractivity contribution in [1.82, 2.24) is 4.90 Å². The number of aryl methyl sites for hydroxylation is 1. The number of hydrogen-bond acceptors (Lipinski definition) is 6. The fourth-order valence-corrected chi connectivity index (χ4v) is 6.31. The van der Waals surface area contributed by atoms with E-state index >= 15 is 0 Å². The summed E-state index contributed by atoms with van der Waals surface area (Å²) in [6, 6.07) is 16.2. The minimum Gasteiger partial charge on any atom is -0.462 e. The first-order valence-corrected chi connectivity index (χ1v) is 13.2. The monoisotopic (exact) mass is 520 g/mol. The first-order valence-electron chi connectivity index (χ1n) is 11.6. The molecule has 0 spiro atoms. The lowest BCUT2D eigenvalue weighted by Crippen LogP contribution is -2.21. The highest BCUT2D eigenvalue weighted by Crippen LogP contribution is 2.37. The minimum absolute atomic E-state index is 0.190. The molecule has 2 aromatic heterocycles. The van der Waals surface area contributed by atoms with Crippen molar-refractivity contribution in [3.8, 4) is 0 Å². The fraction of sp³-hybridized carbons (Fsp3) is 0.250. The number of nitrogens with one attached hydrogen (secondary N) is 1. The minimum atomic E-state index is -0.560. The molecule has 0 unspecified atom stereocenters. The molecule has 0 aliphatic rings. The molecule has 0 saturated carbocycles. The third-order valence-electron chi connectivity index (χ3n) is 5.86.